The fourth-order valence-corrected chi connectivity index (χ4v) is 1.90. The van der Waals surface area contributed by atoms with Crippen LogP contribution in [0.3, 0.4) is 0 Å². The van der Waals surface area contributed by atoms with Crippen LogP contribution in [0.25, 0.3) is 0 Å². The molecule has 5 nitrogen and oxygen atoms in total. The van der Waals surface area contributed by atoms with E-state index in [9.17, 15) is 4.79 Å². The Kier molecular flexibility index (Phi) is 3.63. The van der Waals surface area contributed by atoms with Gasteiger partial charge in [-0.25, -0.2) is 0 Å². The largest absolute Gasteiger partial charge is 0.389 e. The van der Waals surface area contributed by atoms with E-state index < -0.39 is 0 Å². The molecule has 0 saturated heterocycles. The lowest BCUT2D eigenvalue weighted by atomic mass is 10.1. The van der Waals surface area contributed by atoms with Crippen LogP contribution in [0.2, 0.25) is 0 Å². The number of anilines is 1. The molecule has 0 saturated carbocycles. The van der Waals surface area contributed by atoms with Crippen molar-refractivity contribution in [1.29, 1.82) is 0 Å². The Balaban J connectivity index is 2.26. The number of thiocarbonyl (C=S) groups is 1. The summed E-state index contributed by atoms with van der Waals surface area (Å²) in [6.07, 6.45) is 1.42. The lowest BCUT2D eigenvalue weighted by molar-refractivity contribution is 0.103. The van der Waals surface area contributed by atoms with Crippen LogP contribution in [0.1, 0.15) is 20.8 Å². The zero-order valence-electron chi connectivity index (χ0n) is 9.51. The maximum Gasteiger partial charge on any atom is 0.269 e. The van der Waals surface area contributed by atoms with Gasteiger partial charge < -0.3 is 11.1 Å². The molecular weight excluding hydrogens is 268 g/mol. The van der Waals surface area contributed by atoms with Crippen LogP contribution >= 0.6 is 23.8 Å². The highest BCUT2D eigenvalue weighted by molar-refractivity contribution is 7.80. The first-order chi connectivity index (χ1) is 8.58. The Morgan fingerprint density at radius 1 is 1.50 bits per heavy atom. The molecule has 1 amide bonds. The highest BCUT2D eigenvalue weighted by Crippen LogP contribution is 2.18. The molecule has 0 fully saturated rings. The van der Waals surface area contributed by atoms with Crippen molar-refractivity contribution in [2.75, 3.05) is 5.32 Å². The van der Waals surface area contributed by atoms with Gasteiger partial charge in [-0.15, -0.1) is 5.10 Å². The molecule has 0 unspecified atom stereocenters. The lowest BCUT2D eigenvalue weighted by Gasteiger charge is -2.09. The molecule has 0 aliphatic carbocycles. The number of hydrogen-bond donors (Lipinski definition) is 2. The van der Waals surface area contributed by atoms with E-state index >= 15 is 0 Å². The lowest BCUT2D eigenvalue weighted by Crippen LogP contribution is -2.14. The number of aryl methyl sites for hydroxylation is 1. The minimum Gasteiger partial charge on any atom is -0.389 e. The van der Waals surface area contributed by atoms with Gasteiger partial charge in [-0.1, -0.05) is 28.8 Å². The minimum absolute atomic E-state index is 0.242. The molecular formula is C11H10N4OS2. The third-order valence-corrected chi connectivity index (χ3v) is 3.25. The van der Waals surface area contributed by atoms with Gasteiger partial charge >= 0.3 is 0 Å². The smallest absolute Gasteiger partial charge is 0.269 e. The topological polar surface area (TPSA) is 80.9 Å². The average Bonchev–Trinajstić information content (AvgIpc) is 2.85. The van der Waals surface area contributed by atoms with E-state index in [1.807, 2.05) is 19.1 Å². The molecule has 0 bridgehead atoms. The van der Waals surface area contributed by atoms with Gasteiger partial charge in [0.2, 0.25) is 0 Å². The fourth-order valence-electron chi connectivity index (χ4n) is 1.36. The molecule has 0 radical (unpaired) electrons. The summed E-state index contributed by atoms with van der Waals surface area (Å²) >= 11 is 5.95. The SMILES string of the molecule is Cc1ccc(C(N)=S)cc1NC(=O)c1cnns1. The number of rotatable bonds is 3. The Morgan fingerprint density at radius 3 is 2.89 bits per heavy atom. The molecule has 7 heteroatoms. The van der Waals surface area contributed by atoms with Gasteiger partial charge in [0.1, 0.15) is 9.87 Å². The molecule has 0 spiro atoms. The maximum atomic E-state index is 11.9. The first-order valence-corrected chi connectivity index (χ1v) is 6.25. The summed E-state index contributed by atoms with van der Waals surface area (Å²) in [5.74, 6) is -0.242. The number of nitrogens with one attached hydrogen (secondary N) is 1. The van der Waals surface area contributed by atoms with Crippen LogP contribution in [0, 0.1) is 6.92 Å². The van der Waals surface area contributed by atoms with Crippen molar-refractivity contribution in [3.63, 3.8) is 0 Å². The molecule has 2 aromatic rings. The second kappa shape index (κ2) is 5.19. The first-order valence-electron chi connectivity index (χ1n) is 5.07. The Bertz CT molecular complexity index is 595. The number of amides is 1. The first kappa shape index (κ1) is 12.6. The highest BCUT2D eigenvalue weighted by Gasteiger charge is 2.11. The predicted octanol–water partition coefficient (Wildman–Crippen LogP) is 1.73. The monoisotopic (exact) mass is 278 g/mol. The van der Waals surface area contributed by atoms with Crippen molar-refractivity contribution in [3.8, 4) is 0 Å². The van der Waals surface area contributed by atoms with Crippen molar-refractivity contribution < 1.29 is 4.79 Å². The number of aromatic nitrogens is 2. The summed E-state index contributed by atoms with van der Waals surface area (Å²) < 4.78 is 3.64. The van der Waals surface area contributed by atoms with E-state index in [-0.39, 0.29) is 5.91 Å². The Morgan fingerprint density at radius 2 is 2.28 bits per heavy atom. The number of hydrogen-bond acceptors (Lipinski definition) is 5. The van der Waals surface area contributed by atoms with Crippen LogP contribution in [-0.2, 0) is 0 Å². The molecule has 18 heavy (non-hydrogen) atoms. The van der Waals surface area contributed by atoms with E-state index in [4.69, 9.17) is 18.0 Å². The molecule has 0 aliphatic rings. The van der Waals surface area contributed by atoms with E-state index in [2.05, 4.69) is 14.9 Å². The zero-order valence-corrected chi connectivity index (χ0v) is 11.1. The van der Waals surface area contributed by atoms with Crippen molar-refractivity contribution in [3.05, 3.63) is 40.4 Å². The van der Waals surface area contributed by atoms with Crippen molar-refractivity contribution in [2.45, 2.75) is 6.92 Å². The third kappa shape index (κ3) is 2.69. The second-order valence-corrected chi connectivity index (χ2v) is 4.86. The molecule has 2 rings (SSSR count). The number of carbonyl (C=O) groups excluding carboxylic acids is 1. The van der Waals surface area contributed by atoms with Gasteiger partial charge in [-0.05, 0) is 30.1 Å². The van der Waals surface area contributed by atoms with Gasteiger partial charge in [0.05, 0.1) is 6.20 Å². The predicted molar refractivity (Wildman–Crippen MR) is 74.9 cm³/mol. The molecule has 3 N–H and O–H groups in total. The number of nitrogens with zero attached hydrogens (tertiary/aromatic N) is 2. The number of benzene rings is 1. The van der Waals surface area contributed by atoms with Crippen molar-refractivity contribution in [2.24, 2.45) is 5.73 Å². The van der Waals surface area contributed by atoms with E-state index in [1.165, 1.54) is 6.20 Å². The van der Waals surface area contributed by atoms with Gasteiger partial charge in [0.15, 0.2) is 0 Å². The van der Waals surface area contributed by atoms with Gasteiger partial charge in [0, 0.05) is 11.3 Å². The summed E-state index contributed by atoms with van der Waals surface area (Å²) in [5.41, 5.74) is 7.89. The van der Waals surface area contributed by atoms with Crippen LogP contribution in [-0.4, -0.2) is 20.5 Å². The van der Waals surface area contributed by atoms with Gasteiger partial charge in [0.25, 0.3) is 5.91 Å². The minimum atomic E-state index is -0.242. The van der Waals surface area contributed by atoms with Crippen LogP contribution < -0.4 is 11.1 Å². The Hall–Kier alpha value is -1.86. The van der Waals surface area contributed by atoms with Crippen molar-refractivity contribution >= 4 is 40.3 Å². The quantitative estimate of drug-likeness (QED) is 0.836. The van der Waals surface area contributed by atoms with Crippen molar-refractivity contribution in [1.82, 2.24) is 9.59 Å². The molecule has 0 aliphatic heterocycles. The van der Waals surface area contributed by atoms with Gasteiger partial charge in [-0.3, -0.25) is 4.79 Å². The summed E-state index contributed by atoms with van der Waals surface area (Å²) in [7, 11) is 0. The zero-order chi connectivity index (χ0) is 13.1. The fraction of sp³-hybridized carbons (Fsp3) is 0.0909. The summed E-state index contributed by atoms with van der Waals surface area (Å²) in [4.78, 5) is 12.6. The third-order valence-electron chi connectivity index (χ3n) is 2.36. The number of carbonyl (C=O) groups is 1. The van der Waals surface area contributed by atoms with Crippen LogP contribution in [0.15, 0.2) is 24.4 Å². The summed E-state index contributed by atoms with van der Waals surface area (Å²) in [6.45, 7) is 1.89. The van der Waals surface area contributed by atoms with E-state index in [0.29, 0.717) is 21.1 Å². The van der Waals surface area contributed by atoms with Crippen LogP contribution in [0.5, 0.6) is 0 Å². The van der Waals surface area contributed by atoms with Gasteiger partial charge in [-0.2, -0.15) is 0 Å². The Labute approximate surface area is 113 Å². The average molecular weight is 278 g/mol. The molecule has 1 aromatic heterocycles. The molecule has 92 valence electrons. The maximum absolute atomic E-state index is 11.9. The molecule has 0 atom stereocenters. The molecule has 1 aromatic carbocycles. The highest BCUT2D eigenvalue weighted by atomic mass is 32.1. The van der Waals surface area contributed by atoms with E-state index in [0.717, 1.165) is 17.1 Å². The summed E-state index contributed by atoms with van der Waals surface area (Å²) in [5, 5.41) is 6.40. The standard InChI is InChI=1S/C11H10N4OS2/c1-6-2-3-7(10(12)17)4-8(6)14-11(16)9-5-13-15-18-9/h2-5H,1H3,(H2,12,17)(H,14,16). The normalized spacial score (nSPS) is 10.1. The molecule has 1 heterocycles. The second-order valence-electron chi connectivity index (χ2n) is 3.63. The summed E-state index contributed by atoms with van der Waals surface area (Å²) in [6, 6.07) is 5.43. The van der Waals surface area contributed by atoms with E-state index in [1.54, 1.807) is 6.07 Å². The number of nitrogens with two attached hydrogens (primary N) is 1. The van der Waals surface area contributed by atoms with Crippen LogP contribution in [0.4, 0.5) is 5.69 Å².